The van der Waals surface area contributed by atoms with Crippen molar-refractivity contribution in [1.29, 1.82) is 5.26 Å². The van der Waals surface area contributed by atoms with Gasteiger partial charge in [-0.1, -0.05) is 42.5 Å². The van der Waals surface area contributed by atoms with Crippen LogP contribution >= 0.6 is 0 Å². The third-order valence-electron chi connectivity index (χ3n) is 6.31. The van der Waals surface area contributed by atoms with Crippen LogP contribution in [-0.2, 0) is 5.41 Å². The Morgan fingerprint density at radius 1 is 1.23 bits per heavy atom. The van der Waals surface area contributed by atoms with Gasteiger partial charge in [0.05, 0.1) is 12.7 Å². The second-order valence-corrected chi connectivity index (χ2v) is 7.94. The van der Waals surface area contributed by atoms with Gasteiger partial charge in [-0.3, -0.25) is 4.79 Å². The predicted octanol–water partition coefficient (Wildman–Crippen LogP) is 3.03. The third kappa shape index (κ3) is 4.97. The van der Waals surface area contributed by atoms with Gasteiger partial charge in [0, 0.05) is 25.0 Å². The van der Waals surface area contributed by atoms with E-state index < -0.39 is 0 Å². The lowest BCUT2D eigenvalue weighted by molar-refractivity contribution is 0.0927. The minimum absolute atomic E-state index is 0.141. The van der Waals surface area contributed by atoms with Crippen LogP contribution in [0, 0.1) is 11.5 Å². The molecule has 1 saturated carbocycles. The van der Waals surface area contributed by atoms with Gasteiger partial charge in [-0.05, 0) is 43.4 Å². The lowest BCUT2D eigenvalue weighted by Gasteiger charge is -2.43. The van der Waals surface area contributed by atoms with Crippen molar-refractivity contribution in [2.75, 3.05) is 20.7 Å². The fourth-order valence-corrected chi connectivity index (χ4v) is 4.40. The van der Waals surface area contributed by atoms with Crippen molar-refractivity contribution < 1.29 is 9.53 Å². The summed E-state index contributed by atoms with van der Waals surface area (Å²) in [5.74, 6) is 0.660. The van der Waals surface area contributed by atoms with Crippen molar-refractivity contribution in [2.45, 2.75) is 37.1 Å². The zero-order valence-electron chi connectivity index (χ0n) is 18.0. The highest BCUT2D eigenvalue weighted by atomic mass is 16.5. The van der Waals surface area contributed by atoms with Crippen LogP contribution in [0.5, 0.6) is 5.75 Å². The highest BCUT2D eigenvalue weighted by molar-refractivity contribution is 5.97. The Hall–Kier alpha value is -3.53. The maximum atomic E-state index is 12.9. The first-order valence-corrected chi connectivity index (χ1v) is 10.4. The van der Waals surface area contributed by atoms with Crippen molar-refractivity contribution in [3.8, 4) is 11.9 Å². The van der Waals surface area contributed by atoms with Crippen molar-refractivity contribution >= 4 is 11.9 Å². The summed E-state index contributed by atoms with van der Waals surface area (Å²) in [6, 6.07) is 17.8. The lowest BCUT2D eigenvalue weighted by atomic mass is 9.68. The molecule has 0 atom stereocenters. The highest BCUT2D eigenvalue weighted by Gasteiger charge is 2.38. The zero-order chi connectivity index (χ0) is 22.3. The first kappa shape index (κ1) is 22.2. The number of amides is 1. The normalized spacial score (nSPS) is 21.1. The maximum absolute atomic E-state index is 12.9. The number of hydrogen-bond acceptors (Lipinski definition) is 4. The number of carbonyl (C=O) groups is 1. The number of nitrogens with zero attached hydrogens (tertiary/aromatic N) is 3. The quantitative estimate of drug-likeness (QED) is 0.425. The topological polar surface area (TPSA) is 104 Å². The first-order chi connectivity index (χ1) is 15.0. The molecule has 1 amide bonds. The summed E-state index contributed by atoms with van der Waals surface area (Å²) < 4.78 is 5.34. The van der Waals surface area contributed by atoms with E-state index in [1.54, 1.807) is 25.4 Å². The Morgan fingerprint density at radius 2 is 1.87 bits per heavy atom. The van der Waals surface area contributed by atoms with E-state index in [-0.39, 0.29) is 23.3 Å². The van der Waals surface area contributed by atoms with Crippen molar-refractivity contribution in [2.24, 2.45) is 10.7 Å². The molecular weight excluding hydrogens is 390 g/mol. The Balaban J connectivity index is 1.77. The molecule has 2 aromatic carbocycles. The fourth-order valence-electron chi connectivity index (χ4n) is 4.40. The summed E-state index contributed by atoms with van der Waals surface area (Å²) in [6.07, 6.45) is 5.30. The monoisotopic (exact) mass is 419 g/mol. The third-order valence-corrected chi connectivity index (χ3v) is 6.31. The summed E-state index contributed by atoms with van der Waals surface area (Å²) in [5, 5.41) is 11.9. The molecule has 0 heterocycles. The molecule has 1 aliphatic rings. The fraction of sp³-hybridized carbons (Fsp3) is 0.375. The van der Waals surface area contributed by atoms with E-state index in [9.17, 15) is 4.79 Å². The van der Waals surface area contributed by atoms with Gasteiger partial charge in [0.25, 0.3) is 5.91 Å². The van der Waals surface area contributed by atoms with Crippen LogP contribution < -0.4 is 15.8 Å². The Kier molecular flexibility index (Phi) is 7.14. The Labute approximate surface area is 183 Å². The average Bonchev–Trinajstić information content (AvgIpc) is 2.83. The standard InChI is InChI=1S/C24H29N5O2/c1-29(23(26)28-17-25)19-12-14-24(15-13-19,18-8-4-3-5-9-18)16-27-22(30)20-10-6-7-11-21(20)31-2/h3-11,19H,12-16H2,1-2H3,(H2,26,28)(H,27,30)/t19-,24-. The molecule has 0 spiro atoms. The number of para-hydroxylation sites is 1. The second kappa shape index (κ2) is 9.98. The van der Waals surface area contributed by atoms with Gasteiger partial charge in [0.15, 0.2) is 0 Å². The van der Waals surface area contributed by atoms with Gasteiger partial charge in [-0.2, -0.15) is 5.26 Å². The van der Waals surface area contributed by atoms with E-state index in [0.29, 0.717) is 17.9 Å². The molecule has 3 rings (SSSR count). The molecule has 1 aliphatic carbocycles. The Bertz CT molecular complexity index is 959. The summed E-state index contributed by atoms with van der Waals surface area (Å²) in [5.41, 5.74) is 7.49. The molecule has 0 saturated heterocycles. The van der Waals surface area contributed by atoms with Crippen LogP contribution in [0.25, 0.3) is 0 Å². The van der Waals surface area contributed by atoms with Crippen molar-refractivity contribution in [3.63, 3.8) is 0 Å². The van der Waals surface area contributed by atoms with E-state index >= 15 is 0 Å². The van der Waals surface area contributed by atoms with E-state index in [1.807, 2.05) is 42.3 Å². The second-order valence-electron chi connectivity index (χ2n) is 7.94. The molecule has 162 valence electrons. The molecule has 0 aliphatic heterocycles. The lowest BCUT2D eigenvalue weighted by Crippen LogP contribution is -2.49. The van der Waals surface area contributed by atoms with E-state index in [1.165, 1.54) is 5.56 Å². The van der Waals surface area contributed by atoms with Gasteiger partial charge in [0.1, 0.15) is 5.75 Å². The molecule has 3 N–H and O–H groups in total. The number of guanidine groups is 1. The molecule has 0 radical (unpaired) electrons. The highest BCUT2D eigenvalue weighted by Crippen LogP contribution is 2.40. The van der Waals surface area contributed by atoms with E-state index in [0.717, 1.165) is 25.7 Å². The van der Waals surface area contributed by atoms with E-state index in [2.05, 4.69) is 22.4 Å². The molecule has 1 fully saturated rings. The number of nitriles is 1. The molecule has 31 heavy (non-hydrogen) atoms. The molecule has 0 unspecified atom stereocenters. The minimum Gasteiger partial charge on any atom is -0.496 e. The van der Waals surface area contributed by atoms with Gasteiger partial charge >= 0.3 is 0 Å². The van der Waals surface area contributed by atoms with Crippen LogP contribution in [0.1, 0.15) is 41.6 Å². The molecule has 0 aromatic heterocycles. The van der Waals surface area contributed by atoms with Crippen LogP contribution in [0.4, 0.5) is 0 Å². The SMILES string of the molecule is COc1ccccc1C(=O)NC[C@]1(c2ccccc2)CC[C@H](N(C)C(N)=NC#N)CC1. The number of hydrogen-bond donors (Lipinski definition) is 2. The summed E-state index contributed by atoms with van der Waals surface area (Å²) in [4.78, 5) is 18.5. The van der Waals surface area contributed by atoms with Gasteiger partial charge in [-0.25, -0.2) is 0 Å². The largest absolute Gasteiger partial charge is 0.496 e. The van der Waals surface area contributed by atoms with Crippen LogP contribution in [0.15, 0.2) is 59.6 Å². The van der Waals surface area contributed by atoms with Crippen LogP contribution in [-0.4, -0.2) is 43.5 Å². The smallest absolute Gasteiger partial charge is 0.255 e. The number of nitrogens with one attached hydrogen (secondary N) is 1. The van der Waals surface area contributed by atoms with Crippen LogP contribution in [0.2, 0.25) is 0 Å². The number of carbonyl (C=O) groups excluding carboxylic acids is 1. The van der Waals surface area contributed by atoms with E-state index in [4.69, 9.17) is 15.7 Å². The maximum Gasteiger partial charge on any atom is 0.255 e. The number of rotatable bonds is 6. The van der Waals surface area contributed by atoms with Gasteiger partial charge < -0.3 is 20.7 Å². The van der Waals surface area contributed by atoms with Gasteiger partial charge in [0.2, 0.25) is 12.2 Å². The molecule has 7 heteroatoms. The van der Waals surface area contributed by atoms with Crippen LogP contribution in [0.3, 0.4) is 0 Å². The Morgan fingerprint density at radius 3 is 2.52 bits per heavy atom. The van der Waals surface area contributed by atoms with Gasteiger partial charge in [-0.15, -0.1) is 4.99 Å². The molecule has 7 nitrogen and oxygen atoms in total. The molecule has 0 bridgehead atoms. The average molecular weight is 420 g/mol. The number of nitrogens with two attached hydrogens (primary N) is 1. The number of aliphatic imine (C=N–C) groups is 1. The minimum atomic E-state index is -0.169. The summed E-state index contributed by atoms with van der Waals surface area (Å²) in [6.45, 7) is 0.534. The number of methoxy groups -OCH3 is 1. The van der Waals surface area contributed by atoms with Crippen molar-refractivity contribution in [1.82, 2.24) is 10.2 Å². The number of ether oxygens (including phenoxy) is 1. The molecule has 2 aromatic rings. The molecular formula is C24H29N5O2. The zero-order valence-corrected chi connectivity index (χ0v) is 18.0. The van der Waals surface area contributed by atoms with Crippen molar-refractivity contribution in [3.05, 3.63) is 65.7 Å². The summed E-state index contributed by atoms with van der Waals surface area (Å²) in [7, 11) is 3.44. The predicted molar refractivity (Wildman–Crippen MR) is 121 cm³/mol. The first-order valence-electron chi connectivity index (χ1n) is 10.4. The number of benzene rings is 2. The summed E-state index contributed by atoms with van der Waals surface area (Å²) >= 11 is 0.